The molecule has 0 saturated heterocycles. The smallest absolute Gasteiger partial charge is 0.550 e. The summed E-state index contributed by atoms with van der Waals surface area (Å²) in [6.45, 7) is 0. The SMILES string of the molecule is O=C([O-])CC(O)(C(=O)[O-])C(O)C(=O)[O-].O=C([O-])CC(O)(C(=O)[O-])C(O)C(=O)[O-].O=C([O-])CC(O)(C(=O)[O-])C(O)C(=O)[O-].[Cr+3].[Cr+3].[Cr+3]. The second-order valence-electron chi connectivity index (χ2n) is 7.45. The Bertz CT molecular complexity index is 962. The molecule has 0 amide bonds. The second-order valence-corrected chi connectivity index (χ2v) is 7.45. The Kier molecular flexibility index (Phi) is 26.6. The van der Waals surface area contributed by atoms with E-state index in [1.807, 2.05) is 0 Å². The fraction of sp³-hybridized carbons (Fsp3) is 0.500. The van der Waals surface area contributed by atoms with E-state index in [2.05, 4.69) is 0 Å². The summed E-state index contributed by atoms with van der Waals surface area (Å²) >= 11 is 0. The van der Waals surface area contributed by atoms with Crippen LogP contribution in [-0.4, -0.2) is 119 Å². The van der Waals surface area contributed by atoms with Crippen molar-refractivity contribution in [3.8, 4) is 0 Å². The number of hydrogen-bond acceptors (Lipinski definition) is 24. The molecule has 0 aromatic rings. The van der Waals surface area contributed by atoms with Gasteiger partial charge in [0.15, 0.2) is 0 Å². The van der Waals surface area contributed by atoms with Gasteiger partial charge in [-0.1, -0.05) is 0 Å². The minimum absolute atomic E-state index is 0. The number of aliphatic hydroxyl groups excluding tert-OH is 3. The van der Waals surface area contributed by atoms with Crippen molar-refractivity contribution >= 4 is 53.7 Å². The number of hydrogen-bond donors (Lipinski definition) is 6. The number of rotatable bonds is 15. The first-order valence-electron chi connectivity index (χ1n) is 9.72. The van der Waals surface area contributed by atoms with E-state index in [-0.39, 0.29) is 52.1 Å². The van der Waals surface area contributed by atoms with Crippen molar-refractivity contribution in [2.24, 2.45) is 0 Å². The largest absolute Gasteiger partial charge is 3.00 e. The number of aliphatic hydroxyl groups is 6. The molecule has 45 heavy (non-hydrogen) atoms. The minimum atomic E-state index is -3.46. The van der Waals surface area contributed by atoms with Crippen LogP contribution in [0, 0.1) is 0 Å². The first-order chi connectivity index (χ1) is 18.6. The molecule has 249 valence electrons. The third-order valence-electron chi connectivity index (χ3n) is 4.33. The molecule has 6 N–H and O–H groups in total. The summed E-state index contributed by atoms with van der Waals surface area (Å²) in [6, 6.07) is 0. The second kappa shape index (κ2) is 22.2. The predicted octanol–water partition coefficient (Wildman–Crippen LogP) is -18.9. The van der Waals surface area contributed by atoms with Crippen molar-refractivity contribution in [3.63, 3.8) is 0 Å². The molecule has 0 fully saturated rings. The Balaban J connectivity index is -0.000000123. The van der Waals surface area contributed by atoms with Gasteiger partial charge >= 0.3 is 52.1 Å². The number of carboxylic acids is 9. The fourth-order valence-electron chi connectivity index (χ4n) is 2.09. The van der Waals surface area contributed by atoms with Crippen LogP contribution >= 0.6 is 0 Å². The van der Waals surface area contributed by atoms with E-state index in [0.717, 1.165) is 0 Å². The molecule has 0 aliphatic carbocycles. The van der Waals surface area contributed by atoms with Crippen molar-refractivity contribution in [1.82, 2.24) is 0 Å². The van der Waals surface area contributed by atoms with E-state index >= 15 is 0 Å². The average Bonchev–Trinajstić information content (AvgIpc) is 2.81. The van der Waals surface area contributed by atoms with E-state index in [1.54, 1.807) is 0 Å². The van der Waals surface area contributed by atoms with Crippen molar-refractivity contribution in [2.75, 3.05) is 0 Å². The molecule has 6 unspecified atom stereocenters. The van der Waals surface area contributed by atoms with Gasteiger partial charge in [0.2, 0.25) is 0 Å². The van der Waals surface area contributed by atoms with E-state index in [0.29, 0.717) is 0 Å². The van der Waals surface area contributed by atoms with Gasteiger partial charge in [-0.25, -0.2) is 0 Å². The molecule has 24 nitrogen and oxygen atoms in total. The topological polar surface area (TPSA) is 483 Å². The molecule has 0 aliphatic heterocycles. The maximum absolute atomic E-state index is 10.2. The summed E-state index contributed by atoms with van der Waals surface area (Å²) in [7, 11) is 0. The predicted molar refractivity (Wildman–Crippen MR) is 91.8 cm³/mol. The molecule has 6 atom stereocenters. The standard InChI is InChI=1S/3C6H8O8.3Cr/c3*7-2(8)1-6(14,5(12)13)3(9)4(10)11;;;/h3*3,9,14H,1H2,(H,7,8)(H,10,11)(H,12,13);;;/q;;;3*+3/p-9. The number of carbonyl (C=O) groups is 9. The van der Waals surface area contributed by atoms with Crippen LogP contribution in [0.4, 0.5) is 0 Å². The van der Waals surface area contributed by atoms with Crippen LogP contribution in [0.25, 0.3) is 0 Å². The molecule has 0 rings (SSSR count). The molecule has 3 radical (unpaired) electrons. The molecular weight excluding hydrogens is 756 g/mol. The van der Waals surface area contributed by atoms with E-state index in [9.17, 15) is 89.1 Å². The molecule has 0 aliphatic rings. The monoisotopic (exact) mass is 771 g/mol. The zero-order valence-corrected chi connectivity index (χ0v) is 24.9. The van der Waals surface area contributed by atoms with Crippen LogP contribution in [0.15, 0.2) is 0 Å². The first kappa shape index (κ1) is 54.1. The van der Waals surface area contributed by atoms with Crippen LogP contribution < -0.4 is 46.0 Å². The maximum atomic E-state index is 10.2. The molecule has 0 aromatic carbocycles. The quantitative estimate of drug-likeness (QED) is 0.0900. The summed E-state index contributed by atoms with van der Waals surface area (Å²) in [5.74, 6) is -20.5. The fourth-order valence-corrected chi connectivity index (χ4v) is 2.09. The van der Waals surface area contributed by atoms with Crippen LogP contribution in [0.2, 0.25) is 0 Å². The molecule has 0 saturated carbocycles. The number of carboxylic acid groups (broad SMARTS) is 9. The summed E-state index contributed by atoms with van der Waals surface area (Å²) in [4.78, 5) is 90.5. The van der Waals surface area contributed by atoms with Crippen LogP contribution in [0.5, 0.6) is 0 Å². The summed E-state index contributed by atoms with van der Waals surface area (Å²) in [5, 5.41) is 143. The average molecular weight is 771 g/mol. The van der Waals surface area contributed by atoms with Gasteiger partial charge in [0.25, 0.3) is 0 Å². The number of carbonyl (C=O) groups excluding carboxylic acids is 9. The van der Waals surface area contributed by atoms with Gasteiger partial charge in [0, 0.05) is 37.2 Å². The molecule has 0 aromatic heterocycles. The van der Waals surface area contributed by atoms with Gasteiger partial charge in [-0.15, -0.1) is 0 Å². The van der Waals surface area contributed by atoms with E-state index in [1.165, 1.54) is 0 Å². The molecule has 0 spiro atoms. The van der Waals surface area contributed by atoms with Gasteiger partial charge < -0.3 is 120 Å². The van der Waals surface area contributed by atoms with Crippen LogP contribution in [0.3, 0.4) is 0 Å². The van der Waals surface area contributed by atoms with Gasteiger partial charge in [0.1, 0.15) is 35.1 Å². The Hall–Kier alpha value is -3.41. The molecular formula is C18H15Cr3O24. The normalized spacial score (nSPS) is 15.6. The van der Waals surface area contributed by atoms with Crippen LogP contribution in [0.1, 0.15) is 19.3 Å². The first-order valence-corrected chi connectivity index (χ1v) is 9.72. The van der Waals surface area contributed by atoms with Gasteiger partial charge in [0.05, 0.1) is 35.8 Å². The van der Waals surface area contributed by atoms with Crippen molar-refractivity contribution in [2.45, 2.75) is 54.4 Å². The van der Waals surface area contributed by atoms with Crippen LogP contribution in [-0.2, 0) is 95.2 Å². The molecule has 0 bridgehead atoms. The third-order valence-corrected chi connectivity index (χ3v) is 4.33. The van der Waals surface area contributed by atoms with Gasteiger partial charge in [-0.3, -0.25) is 0 Å². The maximum Gasteiger partial charge on any atom is 3.00 e. The Labute approximate surface area is 279 Å². The van der Waals surface area contributed by atoms with Gasteiger partial charge in [-0.2, -0.15) is 0 Å². The Morgan fingerprint density at radius 3 is 0.600 bits per heavy atom. The minimum Gasteiger partial charge on any atom is -0.550 e. The zero-order chi connectivity index (χ0) is 34.5. The molecule has 27 heteroatoms. The van der Waals surface area contributed by atoms with Crippen molar-refractivity contribution in [3.05, 3.63) is 0 Å². The summed E-state index contributed by atoms with van der Waals surface area (Å²) in [5.41, 5.74) is -10.4. The van der Waals surface area contributed by atoms with E-state index in [4.69, 9.17) is 30.6 Å². The Morgan fingerprint density at radius 2 is 0.533 bits per heavy atom. The zero-order valence-electron chi connectivity index (χ0n) is 21.1. The van der Waals surface area contributed by atoms with Crippen molar-refractivity contribution < 1.29 is 172 Å². The summed E-state index contributed by atoms with van der Waals surface area (Å²) < 4.78 is 0. The van der Waals surface area contributed by atoms with Gasteiger partial charge in [-0.05, 0) is 0 Å². The van der Waals surface area contributed by atoms with E-state index < -0.39 is 108 Å². The third kappa shape index (κ3) is 17.0. The Morgan fingerprint density at radius 1 is 0.400 bits per heavy atom. The van der Waals surface area contributed by atoms with Crippen molar-refractivity contribution in [1.29, 1.82) is 0 Å². The summed E-state index contributed by atoms with van der Waals surface area (Å²) in [6.07, 6.45) is -13.6. The molecule has 0 heterocycles. The number of aliphatic carboxylic acids is 9.